The van der Waals surface area contributed by atoms with E-state index in [-0.39, 0.29) is 11.7 Å². The average Bonchev–Trinajstić information content (AvgIpc) is 3.08. The van der Waals surface area contributed by atoms with Crippen molar-refractivity contribution < 1.29 is 9.53 Å². The van der Waals surface area contributed by atoms with Crippen molar-refractivity contribution >= 4 is 55.5 Å². The van der Waals surface area contributed by atoms with Crippen molar-refractivity contribution in [3.63, 3.8) is 0 Å². The third-order valence-electron chi connectivity index (χ3n) is 4.23. The second-order valence-electron chi connectivity index (χ2n) is 5.81. The highest BCUT2D eigenvalue weighted by atomic mass is 127. The molecular formula is C21H19IO2S2. The third-order valence-corrected chi connectivity index (χ3v) is 8.21. The zero-order valence-electron chi connectivity index (χ0n) is 14.8. The number of carbonyl (C=O) groups is 1. The summed E-state index contributed by atoms with van der Waals surface area (Å²) in [5.74, 6) is 0.925. The Hall–Kier alpha value is -1.18. The summed E-state index contributed by atoms with van der Waals surface area (Å²) >= 11 is 5.79. The van der Waals surface area contributed by atoms with E-state index in [1.807, 2.05) is 36.6 Å². The molecule has 0 bridgehead atoms. The number of carbonyl (C=O) groups excluding carboxylic acids is 1. The lowest BCUT2D eigenvalue weighted by molar-refractivity contribution is -0.113. The van der Waals surface area contributed by atoms with E-state index >= 15 is 0 Å². The van der Waals surface area contributed by atoms with Crippen LogP contribution in [0, 0.1) is 0 Å². The van der Waals surface area contributed by atoms with Gasteiger partial charge < -0.3 is 4.74 Å². The molecule has 134 valence electrons. The summed E-state index contributed by atoms with van der Waals surface area (Å²) in [6.45, 7) is 1.67. The van der Waals surface area contributed by atoms with Crippen LogP contribution in [0.3, 0.4) is 0 Å². The molecule has 26 heavy (non-hydrogen) atoms. The van der Waals surface area contributed by atoms with Crippen LogP contribution >= 0.6 is 46.1 Å². The van der Waals surface area contributed by atoms with Crippen molar-refractivity contribution in [3.8, 4) is 5.75 Å². The predicted octanol–water partition coefficient (Wildman–Crippen LogP) is 6.49. The van der Waals surface area contributed by atoms with E-state index in [1.54, 1.807) is 37.6 Å². The number of hydrogen-bond donors (Lipinski definition) is 0. The van der Waals surface area contributed by atoms with E-state index in [9.17, 15) is 4.79 Å². The lowest BCUT2D eigenvalue weighted by atomic mass is 9.89. The molecule has 5 heteroatoms. The summed E-state index contributed by atoms with van der Waals surface area (Å²) in [5, 5.41) is 0. The van der Waals surface area contributed by atoms with Crippen LogP contribution in [0.5, 0.6) is 5.75 Å². The fraction of sp³-hybridized carbons (Fsp3) is 0.190. The van der Waals surface area contributed by atoms with Gasteiger partial charge in [-0.05, 0) is 59.0 Å². The number of benzene rings is 2. The summed E-state index contributed by atoms with van der Waals surface area (Å²) in [7, 11) is 1.66. The van der Waals surface area contributed by atoms with Gasteiger partial charge in [0, 0.05) is 20.0 Å². The van der Waals surface area contributed by atoms with E-state index in [4.69, 9.17) is 4.74 Å². The third kappa shape index (κ3) is 3.89. The maximum atomic E-state index is 12.5. The van der Waals surface area contributed by atoms with E-state index < -0.39 is 0 Å². The van der Waals surface area contributed by atoms with Crippen LogP contribution in [0.1, 0.15) is 24.0 Å². The maximum absolute atomic E-state index is 12.5. The zero-order chi connectivity index (χ0) is 18.7. The molecule has 0 radical (unpaired) electrons. The number of halogens is 1. The lowest BCUT2D eigenvalue weighted by Gasteiger charge is -2.18. The molecule has 0 amide bonds. The highest BCUT2D eigenvalue weighted by Crippen LogP contribution is 2.57. The number of ketones is 1. The number of ether oxygens (including phenoxy) is 1. The quantitative estimate of drug-likeness (QED) is 0.444. The summed E-state index contributed by atoms with van der Waals surface area (Å²) in [6, 6.07) is 18.4. The van der Waals surface area contributed by atoms with Crippen molar-refractivity contribution in [2.24, 2.45) is 0 Å². The van der Waals surface area contributed by atoms with Crippen LogP contribution in [0.25, 0.3) is 3.58 Å². The number of allylic oxidation sites excluding steroid dienone is 2. The SMILES string of the molecule is COc1ccc([C@H]2C(C(C)=O)=C(SC)S/C2=C(/I)c2ccccc2)cc1. The van der Waals surface area contributed by atoms with Gasteiger partial charge in [-0.15, -0.1) is 11.8 Å². The normalized spacial score (nSPS) is 18.8. The molecule has 1 heterocycles. The highest BCUT2D eigenvalue weighted by Gasteiger charge is 2.36. The Morgan fingerprint density at radius 3 is 2.31 bits per heavy atom. The van der Waals surface area contributed by atoms with Crippen LogP contribution in [0.15, 0.2) is 69.3 Å². The first-order valence-corrected chi connectivity index (χ1v) is 11.2. The first-order chi connectivity index (χ1) is 12.6. The highest BCUT2D eigenvalue weighted by molar-refractivity contribution is 14.1. The Bertz CT molecular complexity index is 871. The minimum Gasteiger partial charge on any atom is -0.497 e. The van der Waals surface area contributed by atoms with Crippen molar-refractivity contribution in [3.05, 3.63) is 80.4 Å². The molecule has 1 atom stereocenters. The van der Waals surface area contributed by atoms with E-state index in [1.165, 1.54) is 14.0 Å². The van der Waals surface area contributed by atoms with Crippen LogP contribution in [0.4, 0.5) is 0 Å². The fourth-order valence-corrected chi connectivity index (χ4v) is 6.21. The Kier molecular flexibility index (Phi) is 6.53. The van der Waals surface area contributed by atoms with Gasteiger partial charge in [-0.2, -0.15) is 0 Å². The van der Waals surface area contributed by atoms with Gasteiger partial charge in [-0.1, -0.05) is 54.2 Å². The molecule has 2 nitrogen and oxygen atoms in total. The van der Waals surface area contributed by atoms with Gasteiger partial charge in [-0.25, -0.2) is 0 Å². The van der Waals surface area contributed by atoms with Crippen molar-refractivity contribution in [1.82, 2.24) is 0 Å². The average molecular weight is 494 g/mol. The monoisotopic (exact) mass is 494 g/mol. The molecule has 0 N–H and O–H groups in total. The standard InChI is InChI=1S/C21H19IO2S2/c1-13(23)17-18(14-9-11-16(24-2)12-10-14)20(26-21(17)25-3)19(22)15-7-5-4-6-8-15/h4-12,18H,1-3H3/b20-19+/t18-/m0/s1. The molecular weight excluding hydrogens is 475 g/mol. The Balaban J connectivity index is 2.16. The molecule has 1 aliphatic rings. The Morgan fingerprint density at radius 2 is 1.77 bits per heavy atom. The number of Topliss-reactive ketones (excluding diaryl/α,β-unsaturated/α-hetero) is 1. The fourth-order valence-electron chi connectivity index (χ4n) is 2.97. The van der Waals surface area contributed by atoms with Gasteiger partial charge in [-0.3, -0.25) is 4.79 Å². The van der Waals surface area contributed by atoms with Crippen molar-refractivity contribution in [1.29, 1.82) is 0 Å². The summed E-state index contributed by atoms with van der Waals surface area (Å²) < 4.78 is 7.58. The van der Waals surface area contributed by atoms with Crippen LogP contribution < -0.4 is 4.74 Å². The molecule has 0 saturated carbocycles. The molecule has 0 aromatic heterocycles. The van der Waals surface area contributed by atoms with Crippen LogP contribution in [-0.4, -0.2) is 19.1 Å². The van der Waals surface area contributed by atoms with E-state index in [0.717, 1.165) is 21.1 Å². The smallest absolute Gasteiger partial charge is 0.158 e. The van der Waals surface area contributed by atoms with Gasteiger partial charge in [0.1, 0.15) is 5.75 Å². The topological polar surface area (TPSA) is 26.3 Å². The number of methoxy groups -OCH3 is 1. The molecule has 0 unspecified atom stereocenters. The summed E-state index contributed by atoms with van der Waals surface area (Å²) in [5.41, 5.74) is 3.19. The second kappa shape index (κ2) is 8.67. The molecule has 3 rings (SSSR count). The van der Waals surface area contributed by atoms with Gasteiger partial charge in [0.15, 0.2) is 5.78 Å². The minimum atomic E-state index is -0.0297. The van der Waals surface area contributed by atoms with Gasteiger partial charge in [0.05, 0.1) is 11.3 Å². The number of rotatable bonds is 5. The van der Waals surface area contributed by atoms with Gasteiger partial charge in [0.25, 0.3) is 0 Å². The zero-order valence-corrected chi connectivity index (χ0v) is 18.6. The minimum absolute atomic E-state index is 0.0297. The van der Waals surface area contributed by atoms with E-state index in [0.29, 0.717) is 0 Å². The molecule has 0 spiro atoms. The first-order valence-electron chi connectivity index (χ1n) is 8.12. The Labute approximate surface area is 176 Å². The van der Waals surface area contributed by atoms with Gasteiger partial charge >= 0.3 is 0 Å². The molecule has 0 saturated heterocycles. The predicted molar refractivity (Wildman–Crippen MR) is 122 cm³/mol. The summed E-state index contributed by atoms with van der Waals surface area (Å²) in [6.07, 6.45) is 2.04. The first kappa shape index (κ1) is 19.6. The molecule has 0 fully saturated rings. The Morgan fingerprint density at radius 1 is 1.12 bits per heavy atom. The lowest BCUT2D eigenvalue weighted by Crippen LogP contribution is -2.08. The van der Waals surface area contributed by atoms with Crippen LogP contribution in [-0.2, 0) is 4.79 Å². The largest absolute Gasteiger partial charge is 0.497 e. The van der Waals surface area contributed by atoms with Crippen molar-refractivity contribution in [2.75, 3.05) is 13.4 Å². The second-order valence-corrected chi connectivity index (χ2v) is 9.02. The van der Waals surface area contributed by atoms with Gasteiger partial charge in [0.2, 0.25) is 0 Å². The number of hydrogen-bond acceptors (Lipinski definition) is 4. The molecule has 2 aromatic carbocycles. The molecule has 1 aliphatic heterocycles. The summed E-state index contributed by atoms with van der Waals surface area (Å²) in [4.78, 5) is 13.7. The van der Waals surface area contributed by atoms with Crippen LogP contribution in [0.2, 0.25) is 0 Å². The molecule has 0 aliphatic carbocycles. The molecule has 2 aromatic rings. The van der Waals surface area contributed by atoms with E-state index in [2.05, 4.69) is 46.9 Å². The van der Waals surface area contributed by atoms with Crippen molar-refractivity contribution in [2.45, 2.75) is 12.8 Å². The number of thioether (sulfide) groups is 2. The maximum Gasteiger partial charge on any atom is 0.158 e.